The average Bonchev–Trinajstić information content (AvgIpc) is 2.75. The van der Waals surface area contributed by atoms with Crippen LogP contribution in [0.3, 0.4) is 0 Å². The first-order valence-corrected chi connectivity index (χ1v) is 9.20. The van der Waals surface area contributed by atoms with E-state index in [2.05, 4.69) is 0 Å². The molecule has 0 radical (unpaired) electrons. The Hall–Kier alpha value is -3.11. The normalized spacial score (nSPS) is 11.7. The highest BCUT2D eigenvalue weighted by atomic mass is 16.5. The fraction of sp³-hybridized carbons (Fsp3) is 0.208. The minimum atomic E-state index is -0.490. The number of methoxy groups -OCH3 is 2. The molecule has 1 amide bonds. The zero-order chi connectivity index (χ0) is 19.9. The van der Waals surface area contributed by atoms with E-state index in [0.29, 0.717) is 17.9 Å². The van der Waals surface area contributed by atoms with Crippen molar-refractivity contribution in [2.75, 3.05) is 14.2 Å². The number of amides is 1. The van der Waals surface area contributed by atoms with Gasteiger partial charge < -0.3 is 14.4 Å². The van der Waals surface area contributed by atoms with Crippen molar-refractivity contribution in [3.05, 3.63) is 101 Å². The van der Waals surface area contributed by atoms with E-state index >= 15 is 0 Å². The molecule has 0 heterocycles. The number of carbonyl (C=O) groups excluding carboxylic acids is 1. The average molecular weight is 375 g/mol. The highest BCUT2D eigenvalue weighted by Crippen LogP contribution is 2.26. The molecule has 3 rings (SSSR count). The first kappa shape index (κ1) is 19.6. The van der Waals surface area contributed by atoms with Gasteiger partial charge in [-0.2, -0.15) is 0 Å². The number of benzene rings is 3. The predicted molar refractivity (Wildman–Crippen MR) is 110 cm³/mol. The van der Waals surface area contributed by atoms with Crippen LogP contribution in [-0.4, -0.2) is 25.0 Å². The highest BCUT2D eigenvalue weighted by molar-refractivity contribution is 5.94. The van der Waals surface area contributed by atoms with Gasteiger partial charge in [0.25, 0.3) is 5.91 Å². The molecule has 0 aromatic heterocycles. The first-order chi connectivity index (χ1) is 13.6. The lowest BCUT2D eigenvalue weighted by Gasteiger charge is -2.31. The van der Waals surface area contributed by atoms with Crippen LogP contribution in [0.15, 0.2) is 78.9 Å². The Labute approximate surface area is 166 Å². The Kier molecular flexibility index (Phi) is 6.45. The number of hydrogen-bond donors (Lipinski definition) is 0. The van der Waals surface area contributed by atoms with Crippen molar-refractivity contribution in [1.29, 1.82) is 0 Å². The fourth-order valence-corrected chi connectivity index (χ4v) is 3.12. The SMILES string of the molecule is COc1ccc(C(=O)N(Cc2ccccc2)C(OC)c2ccc(C)cc2)cc1. The summed E-state index contributed by atoms with van der Waals surface area (Å²) >= 11 is 0. The monoisotopic (exact) mass is 375 g/mol. The number of carbonyl (C=O) groups is 1. The second kappa shape index (κ2) is 9.20. The minimum absolute atomic E-state index is 0.0982. The van der Waals surface area contributed by atoms with Gasteiger partial charge in [-0.25, -0.2) is 0 Å². The predicted octanol–water partition coefficient (Wildman–Crippen LogP) is 4.99. The summed E-state index contributed by atoms with van der Waals surface area (Å²) in [5.41, 5.74) is 3.73. The Morgan fingerprint density at radius 3 is 2.11 bits per heavy atom. The summed E-state index contributed by atoms with van der Waals surface area (Å²) in [6.45, 7) is 2.48. The van der Waals surface area contributed by atoms with Crippen LogP contribution in [-0.2, 0) is 11.3 Å². The maximum absolute atomic E-state index is 13.4. The molecule has 1 atom stereocenters. The van der Waals surface area contributed by atoms with E-state index < -0.39 is 6.23 Å². The Morgan fingerprint density at radius 2 is 1.54 bits per heavy atom. The van der Waals surface area contributed by atoms with Crippen LogP contribution in [0.5, 0.6) is 5.75 Å². The molecular formula is C24H25NO3. The summed E-state index contributed by atoms with van der Waals surface area (Å²) in [6.07, 6.45) is -0.490. The molecule has 28 heavy (non-hydrogen) atoms. The molecule has 0 saturated heterocycles. The smallest absolute Gasteiger partial charge is 0.256 e. The summed E-state index contributed by atoms with van der Waals surface area (Å²) in [5, 5.41) is 0. The van der Waals surface area contributed by atoms with Gasteiger partial charge in [-0.3, -0.25) is 4.79 Å². The number of hydrogen-bond acceptors (Lipinski definition) is 3. The van der Waals surface area contributed by atoms with Crippen molar-refractivity contribution < 1.29 is 14.3 Å². The molecule has 4 nitrogen and oxygen atoms in total. The molecule has 0 saturated carbocycles. The first-order valence-electron chi connectivity index (χ1n) is 9.20. The van der Waals surface area contributed by atoms with Gasteiger partial charge >= 0.3 is 0 Å². The molecule has 0 N–H and O–H groups in total. The number of ether oxygens (including phenoxy) is 2. The molecule has 0 bridgehead atoms. The van der Waals surface area contributed by atoms with E-state index in [9.17, 15) is 4.79 Å². The van der Waals surface area contributed by atoms with E-state index in [0.717, 1.165) is 16.7 Å². The molecular weight excluding hydrogens is 350 g/mol. The molecule has 4 heteroatoms. The third kappa shape index (κ3) is 4.59. The van der Waals surface area contributed by atoms with E-state index in [-0.39, 0.29) is 5.91 Å². The van der Waals surface area contributed by atoms with Crippen LogP contribution in [0.4, 0.5) is 0 Å². The highest BCUT2D eigenvalue weighted by Gasteiger charge is 2.26. The maximum Gasteiger partial charge on any atom is 0.256 e. The number of nitrogens with zero attached hydrogens (tertiary/aromatic N) is 1. The number of rotatable bonds is 7. The van der Waals surface area contributed by atoms with E-state index in [1.54, 1.807) is 43.4 Å². The lowest BCUT2D eigenvalue weighted by molar-refractivity contribution is -0.0266. The molecule has 1 unspecified atom stereocenters. The van der Waals surface area contributed by atoms with Crippen molar-refractivity contribution in [2.24, 2.45) is 0 Å². The largest absolute Gasteiger partial charge is 0.497 e. The van der Waals surface area contributed by atoms with E-state index in [1.807, 2.05) is 61.5 Å². The Balaban J connectivity index is 1.97. The van der Waals surface area contributed by atoms with Gasteiger partial charge in [-0.05, 0) is 36.8 Å². The summed E-state index contributed by atoms with van der Waals surface area (Å²) < 4.78 is 11.0. The van der Waals surface area contributed by atoms with Crippen LogP contribution in [0.1, 0.15) is 33.3 Å². The molecule has 3 aromatic carbocycles. The quantitative estimate of drug-likeness (QED) is 0.546. The third-order valence-corrected chi connectivity index (χ3v) is 4.66. The van der Waals surface area contributed by atoms with Gasteiger partial charge in [0.2, 0.25) is 0 Å². The number of aryl methyl sites for hydroxylation is 1. The standard InChI is InChI=1S/C24H25NO3/c1-18-9-11-21(12-10-18)24(28-3)25(17-19-7-5-4-6-8-19)23(26)20-13-15-22(27-2)16-14-20/h4-16,24H,17H2,1-3H3. The van der Waals surface area contributed by atoms with Gasteiger partial charge in [0.05, 0.1) is 7.11 Å². The zero-order valence-corrected chi connectivity index (χ0v) is 16.5. The van der Waals surface area contributed by atoms with Crippen LogP contribution in [0, 0.1) is 6.92 Å². The molecule has 144 valence electrons. The van der Waals surface area contributed by atoms with E-state index in [4.69, 9.17) is 9.47 Å². The third-order valence-electron chi connectivity index (χ3n) is 4.66. The lowest BCUT2D eigenvalue weighted by Crippen LogP contribution is -2.35. The van der Waals surface area contributed by atoms with Gasteiger partial charge in [-0.15, -0.1) is 0 Å². The molecule has 0 spiro atoms. The topological polar surface area (TPSA) is 38.8 Å². The van der Waals surface area contributed by atoms with Crippen molar-refractivity contribution in [1.82, 2.24) is 4.90 Å². The summed E-state index contributed by atoms with van der Waals surface area (Å²) in [5.74, 6) is 0.618. The second-order valence-electron chi connectivity index (χ2n) is 6.65. The van der Waals surface area contributed by atoms with Crippen molar-refractivity contribution in [2.45, 2.75) is 19.7 Å². The van der Waals surface area contributed by atoms with Gasteiger partial charge in [0, 0.05) is 24.8 Å². The van der Waals surface area contributed by atoms with Gasteiger partial charge in [0.1, 0.15) is 5.75 Å². The zero-order valence-electron chi connectivity index (χ0n) is 16.5. The maximum atomic E-state index is 13.4. The van der Waals surface area contributed by atoms with Crippen LogP contribution in [0.25, 0.3) is 0 Å². The van der Waals surface area contributed by atoms with Gasteiger partial charge in [0.15, 0.2) is 6.23 Å². The molecule has 0 aliphatic carbocycles. The van der Waals surface area contributed by atoms with E-state index in [1.165, 1.54) is 0 Å². The minimum Gasteiger partial charge on any atom is -0.497 e. The van der Waals surface area contributed by atoms with Crippen molar-refractivity contribution in [3.8, 4) is 5.75 Å². The fourth-order valence-electron chi connectivity index (χ4n) is 3.12. The molecule has 0 aliphatic heterocycles. The van der Waals surface area contributed by atoms with Gasteiger partial charge in [-0.1, -0.05) is 60.2 Å². The summed E-state index contributed by atoms with van der Waals surface area (Å²) in [6, 6.07) is 25.1. The Bertz CT molecular complexity index is 889. The van der Waals surface area contributed by atoms with Crippen molar-refractivity contribution >= 4 is 5.91 Å². The van der Waals surface area contributed by atoms with Crippen LogP contribution < -0.4 is 4.74 Å². The molecule has 0 aliphatic rings. The lowest BCUT2D eigenvalue weighted by atomic mass is 10.1. The molecule has 3 aromatic rings. The summed E-state index contributed by atoms with van der Waals surface area (Å²) in [7, 11) is 3.24. The second-order valence-corrected chi connectivity index (χ2v) is 6.65. The van der Waals surface area contributed by atoms with Crippen LogP contribution in [0.2, 0.25) is 0 Å². The summed E-state index contributed by atoms with van der Waals surface area (Å²) in [4.78, 5) is 15.1. The van der Waals surface area contributed by atoms with Crippen molar-refractivity contribution in [3.63, 3.8) is 0 Å². The Morgan fingerprint density at radius 1 is 0.893 bits per heavy atom. The van der Waals surface area contributed by atoms with Crippen LogP contribution >= 0.6 is 0 Å². The molecule has 0 fully saturated rings.